The molecule has 0 atom stereocenters. The second-order valence-electron chi connectivity index (χ2n) is 17.9. The molecule has 1 aliphatic rings. The molecule has 0 amide bonds. The van der Waals surface area contributed by atoms with Gasteiger partial charge in [-0.05, 0) is 98.1 Å². The Hall–Kier alpha value is -8.98. The van der Waals surface area contributed by atoms with Crippen LogP contribution in [0.1, 0.15) is 22.3 Å². The van der Waals surface area contributed by atoms with Crippen LogP contribution >= 0.6 is 0 Å². The molecule has 11 aromatic carbocycles. The minimum Gasteiger partial charge on any atom is -0.309 e. The lowest BCUT2D eigenvalue weighted by atomic mass is 9.68. The van der Waals surface area contributed by atoms with Gasteiger partial charge in [-0.2, -0.15) is 0 Å². The summed E-state index contributed by atoms with van der Waals surface area (Å²) in [6.07, 6.45) is 0. The summed E-state index contributed by atoms with van der Waals surface area (Å²) in [5.74, 6) is 0. The molecular weight excluding hydrogens is 833 g/mol. The highest BCUT2D eigenvalue weighted by atomic mass is 15.2. The summed E-state index contributed by atoms with van der Waals surface area (Å²) in [6, 6.07) is 102. The van der Waals surface area contributed by atoms with E-state index in [0.29, 0.717) is 0 Å². The van der Waals surface area contributed by atoms with Gasteiger partial charge in [-0.15, -0.1) is 0 Å². The molecule has 2 heteroatoms. The molecule has 69 heavy (non-hydrogen) atoms. The molecule has 324 valence electrons. The third-order valence-corrected chi connectivity index (χ3v) is 14.3. The van der Waals surface area contributed by atoms with E-state index in [2.05, 4.69) is 289 Å². The van der Waals surface area contributed by atoms with Crippen molar-refractivity contribution in [3.8, 4) is 50.2 Å². The summed E-state index contributed by atoms with van der Waals surface area (Å²) in [4.78, 5) is 2.58. The van der Waals surface area contributed by atoms with Crippen molar-refractivity contribution < 1.29 is 0 Å². The molecule has 0 saturated heterocycles. The molecule has 0 radical (unpaired) electrons. The first-order chi connectivity index (χ1) is 34.3. The number of hydrogen-bond acceptors (Lipinski definition) is 1. The fourth-order valence-electron chi connectivity index (χ4n) is 11.5. The normalized spacial score (nSPS) is 12.5. The van der Waals surface area contributed by atoms with Gasteiger partial charge in [0.15, 0.2) is 0 Å². The molecule has 1 aliphatic carbocycles. The maximum absolute atomic E-state index is 2.58. The standard InChI is InChI=1S/C67H46N2/c1-5-25-47(26-6-1)51-33-13-14-34-52(51)53-35-15-16-36-54(53)55-37-18-21-42-60(55)69(64-46-24-45-63-66(64)57-39-19-22-43-61(57)68(63)50-31-11-4-12-32-50)62-44-23-41-59-65(62)56-38-17-20-40-58(56)67(59,48-27-7-2-8-28-48)49-29-9-3-10-30-49/h1-46H. The summed E-state index contributed by atoms with van der Waals surface area (Å²) >= 11 is 0. The Morgan fingerprint density at radius 1 is 0.290 bits per heavy atom. The van der Waals surface area contributed by atoms with Crippen LogP contribution in [0.2, 0.25) is 0 Å². The molecule has 0 saturated carbocycles. The van der Waals surface area contributed by atoms with Crippen LogP contribution in [0, 0.1) is 0 Å². The lowest BCUT2D eigenvalue weighted by molar-refractivity contribution is 0.768. The van der Waals surface area contributed by atoms with Gasteiger partial charge in [0, 0.05) is 27.6 Å². The number of fused-ring (bicyclic) bond motifs is 6. The van der Waals surface area contributed by atoms with Crippen molar-refractivity contribution in [3.63, 3.8) is 0 Å². The van der Waals surface area contributed by atoms with E-state index in [0.717, 1.165) is 44.9 Å². The van der Waals surface area contributed by atoms with Crippen molar-refractivity contribution in [2.24, 2.45) is 0 Å². The summed E-state index contributed by atoms with van der Waals surface area (Å²) in [6.45, 7) is 0. The van der Waals surface area contributed by atoms with E-state index in [1.807, 2.05) is 0 Å². The van der Waals surface area contributed by atoms with E-state index in [1.165, 1.54) is 66.4 Å². The van der Waals surface area contributed by atoms with Gasteiger partial charge in [-0.3, -0.25) is 0 Å². The average molecular weight is 879 g/mol. The van der Waals surface area contributed by atoms with Gasteiger partial charge in [0.2, 0.25) is 0 Å². The van der Waals surface area contributed by atoms with Gasteiger partial charge in [0.1, 0.15) is 0 Å². The lowest BCUT2D eigenvalue weighted by Gasteiger charge is -2.35. The highest BCUT2D eigenvalue weighted by Gasteiger charge is 2.47. The summed E-state index contributed by atoms with van der Waals surface area (Å²) < 4.78 is 2.43. The Labute approximate surface area is 403 Å². The molecule has 0 bridgehead atoms. The molecule has 0 fully saturated rings. The maximum atomic E-state index is 2.58. The zero-order valence-electron chi connectivity index (χ0n) is 38.0. The Bertz CT molecular complexity index is 3790. The van der Waals surface area contributed by atoms with Crippen molar-refractivity contribution in [3.05, 3.63) is 301 Å². The number of rotatable bonds is 9. The zero-order chi connectivity index (χ0) is 45.7. The maximum Gasteiger partial charge on any atom is 0.0714 e. The van der Waals surface area contributed by atoms with Crippen LogP contribution in [0.3, 0.4) is 0 Å². The molecule has 0 N–H and O–H groups in total. The number of para-hydroxylation sites is 3. The average Bonchev–Trinajstić information content (AvgIpc) is 3.94. The summed E-state index contributed by atoms with van der Waals surface area (Å²) in [5.41, 5.74) is 20.7. The predicted molar refractivity (Wildman–Crippen MR) is 289 cm³/mol. The SMILES string of the molecule is c1ccc(-c2ccccc2-c2ccccc2-c2ccccc2N(c2cccc3c2-c2ccccc2C3(c2ccccc2)c2ccccc2)c2cccc3c2c2ccccc2n3-c2ccccc2)cc1. The quantitative estimate of drug-likeness (QED) is 0.140. The van der Waals surface area contributed by atoms with Crippen LogP contribution in [-0.2, 0) is 5.41 Å². The number of aromatic nitrogens is 1. The van der Waals surface area contributed by atoms with Crippen LogP contribution in [0.4, 0.5) is 17.1 Å². The molecule has 12 aromatic rings. The van der Waals surface area contributed by atoms with Gasteiger partial charge in [-0.1, -0.05) is 237 Å². The van der Waals surface area contributed by atoms with Crippen molar-refractivity contribution in [1.29, 1.82) is 0 Å². The van der Waals surface area contributed by atoms with Gasteiger partial charge >= 0.3 is 0 Å². The molecule has 0 unspecified atom stereocenters. The van der Waals surface area contributed by atoms with Crippen LogP contribution in [-0.4, -0.2) is 4.57 Å². The number of anilines is 3. The molecule has 1 aromatic heterocycles. The summed E-state index contributed by atoms with van der Waals surface area (Å²) in [7, 11) is 0. The molecule has 2 nitrogen and oxygen atoms in total. The van der Waals surface area contributed by atoms with E-state index in [4.69, 9.17) is 0 Å². The molecule has 1 heterocycles. The second kappa shape index (κ2) is 16.7. The highest BCUT2D eigenvalue weighted by molar-refractivity contribution is 6.18. The van der Waals surface area contributed by atoms with Crippen molar-refractivity contribution in [1.82, 2.24) is 4.57 Å². The van der Waals surface area contributed by atoms with Crippen LogP contribution in [0.5, 0.6) is 0 Å². The fourth-order valence-corrected chi connectivity index (χ4v) is 11.5. The van der Waals surface area contributed by atoms with Gasteiger partial charge in [-0.25, -0.2) is 0 Å². The third kappa shape index (κ3) is 6.34. The van der Waals surface area contributed by atoms with E-state index in [1.54, 1.807) is 0 Å². The number of nitrogens with zero attached hydrogens (tertiary/aromatic N) is 2. The molecular formula is C67H46N2. The Morgan fingerprint density at radius 3 is 1.43 bits per heavy atom. The lowest BCUT2D eigenvalue weighted by Crippen LogP contribution is -2.28. The third-order valence-electron chi connectivity index (χ3n) is 14.3. The molecule has 0 spiro atoms. The number of benzene rings is 11. The van der Waals surface area contributed by atoms with Crippen LogP contribution in [0.15, 0.2) is 279 Å². The zero-order valence-corrected chi connectivity index (χ0v) is 38.0. The van der Waals surface area contributed by atoms with Crippen molar-refractivity contribution in [2.75, 3.05) is 4.90 Å². The Kier molecular flexibility index (Phi) is 9.77. The van der Waals surface area contributed by atoms with Crippen molar-refractivity contribution in [2.45, 2.75) is 5.41 Å². The topological polar surface area (TPSA) is 8.17 Å². The van der Waals surface area contributed by atoms with E-state index < -0.39 is 5.41 Å². The second-order valence-corrected chi connectivity index (χ2v) is 17.9. The fraction of sp³-hybridized carbons (Fsp3) is 0.0149. The van der Waals surface area contributed by atoms with E-state index in [9.17, 15) is 0 Å². The minimum atomic E-state index is -0.571. The Balaban J connectivity index is 1.15. The predicted octanol–water partition coefficient (Wildman–Crippen LogP) is 17.6. The molecule has 13 rings (SSSR count). The largest absolute Gasteiger partial charge is 0.309 e. The van der Waals surface area contributed by atoms with Crippen molar-refractivity contribution >= 4 is 38.9 Å². The Morgan fingerprint density at radius 2 is 0.739 bits per heavy atom. The molecule has 0 aliphatic heterocycles. The van der Waals surface area contributed by atoms with Gasteiger partial charge < -0.3 is 9.47 Å². The first-order valence-electron chi connectivity index (χ1n) is 23.9. The smallest absolute Gasteiger partial charge is 0.0714 e. The first-order valence-corrected chi connectivity index (χ1v) is 23.9. The van der Waals surface area contributed by atoms with Gasteiger partial charge in [0.25, 0.3) is 0 Å². The van der Waals surface area contributed by atoms with E-state index >= 15 is 0 Å². The first kappa shape index (κ1) is 40.3. The van der Waals surface area contributed by atoms with E-state index in [-0.39, 0.29) is 0 Å². The van der Waals surface area contributed by atoms with Crippen LogP contribution in [0.25, 0.3) is 72.0 Å². The highest BCUT2D eigenvalue weighted by Crippen LogP contribution is 2.60. The minimum absolute atomic E-state index is 0.571. The van der Waals surface area contributed by atoms with Gasteiger partial charge in [0.05, 0.1) is 33.5 Å². The number of hydrogen-bond donors (Lipinski definition) is 0. The summed E-state index contributed by atoms with van der Waals surface area (Å²) in [5, 5.41) is 2.39. The van der Waals surface area contributed by atoms with Crippen LogP contribution < -0.4 is 4.90 Å². The monoisotopic (exact) mass is 878 g/mol.